The third-order valence-electron chi connectivity index (χ3n) is 5.87. The summed E-state index contributed by atoms with van der Waals surface area (Å²) in [5.74, 6) is 2.95. The second-order valence-electron chi connectivity index (χ2n) is 7.72. The first kappa shape index (κ1) is 15.2. The molecular formula is C18H26N2O3. The number of fused-ring (bicyclic) bond motifs is 1. The lowest BCUT2D eigenvalue weighted by molar-refractivity contribution is -0.132. The van der Waals surface area contributed by atoms with E-state index in [1.807, 2.05) is 24.0 Å². The van der Waals surface area contributed by atoms with Crippen molar-refractivity contribution in [2.24, 2.45) is 17.3 Å². The Bertz CT molecular complexity index is 595. The standard InChI is InChI=1S/C18H26N2O3/c1-13-2-5-16(23-13)9-19-7-6-15-8-20(17(22)14-3-4-14)11-18(15,10-19)12-21/h2,5,14-15,21H,3-4,6-12H2,1H3/t15-,18+/m0/s1. The monoisotopic (exact) mass is 318 g/mol. The summed E-state index contributed by atoms with van der Waals surface area (Å²) in [5, 5.41) is 10.1. The molecule has 126 valence electrons. The second-order valence-corrected chi connectivity index (χ2v) is 7.72. The van der Waals surface area contributed by atoms with Gasteiger partial charge in [-0.15, -0.1) is 0 Å². The average Bonchev–Trinajstić information content (AvgIpc) is 3.21. The highest BCUT2D eigenvalue weighted by molar-refractivity contribution is 5.81. The summed E-state index contributed by atoms with van der Waals surface area (Å²) in [5.41, 5.74) is -0.148. The van der Waals surface area contributed by atoms with Crippen molar-refractivity contribution in [3.8, 4) is 0 Å². The van der Waals surface area contributed by atoms with E-state index in [-0.39, 0.29) is 17.9 Å². The van der Waals surface area contributed by atoms with Gasteiger partial charge in [-0.25, -0.2) is 0 Å². The summed E-state index contributed by atoms with van der Waals surface area (Å²) in [6.07, 6.45) is 3.15. The summed E-state index contributed by atoms with van der Waals surface area (Å²) in [6, 6.07) is 4.03. The van der Waals surface area contributed by atoms with E-state index in [9.17, 15) is 9.90 Å². The molecule has 0 radical (unpaired) electrons. The smallest absolute Gasteiger partial charge is 0.225 e. The van der Waals surface area contributed by atoms with Crippen LogP contribution in [0.4, 0.5) is 0 Å². The van der Waals surface area contributed by atoms with Crippen LogP contribution in [0.2, 0.25) is 0 Å². The number of amides is 1. The lowest BCUT2D eigenvalue weighted by Gasteiger charge is -2.42. The minimum Gasteiger partial charge on any atom is -0.465 e. The molecule has 0 spiro atoms. The Balaban J connectivity index is 1.45. The van der Waals surface area contributed by atoms with E-state index < -0.39 is 0 Å². The topological polar surface area (TPSA) is 56.9 Å². The van der Waals surface area contributed by atoms with Crippen LogP contribution in [0.5, 0.6) is 0 Å². The van der Waals surface area contributed by atoms with E-state index in [4.69, 9.17) is 4.42 Å². The van der Waals surface area contributed by atoms with Gasteiger partial charge in [-0.2, -0.15) is 0 Å². The molecule has 1 N–H and O–H groups in total. The van der Waals surface area contributed by atoms with Gasteiger partial charge in [0.25, 0.3) is 0 Å². The summed E-state index contributed by atoms with van der Waals surface area (Å²) >= 11 is 0. The minimum absolute atomic E-state index is 0.148. The maximum atomic E-state index is 12.4. The summed E-state index contributed by atoms with van der Waals surface area (Å²) < 4.78 is 5.69. The molecule has 2 aliphatic heterocycles. The number of hydrogen-bond acceptors (Lipinski definition) is 4. The Labute approximate surface area is 137 Å². The van der Waals surface area contributed by atoms with Gasteiger partial charge in [-0.05, 0) is 50.8 Å². The molecule has 3 aliphatic rings. The first-order valence-corrected chi connectivity index (χ1v) is 8.77. The highest BCUT2D eigenvalue weighted by atomic mass is 16.3. The Morgan fingerprint density at radius 1 is 1.35 bits per heavy atom. The SMILES string of the molecule is Cc1ccc(CN2CC[C@H]3CN(C(=O)C4CC4)C[C@@]3(CO)C2)o1. The Morgan fingerprint density at radius 2 is 2.17 bits per heavy atom. The zero-order chi connectivity index (χ0) is 16.0. The van der Waals surface area contributed by atoms with Gasteiger partial charge in [0.15, 0.2) is 0 Å². The van der Waals surface area contributed by atoms with Crippen molar-refractivity contribution in [3.63, 3.8) is 0 Å². The average molecular weight is 318 g/mol. The molecule has 1 aliphatic carbocycles. The third kappa shape index (κ3) is 2.81. The summed E-state index contributed by atoms with van der Waals surface area (Å²) in [6.45, 7) is 6.34. The fourth-order valence-corrected chi connectivity index (χ4v) is 4.38. The van der Waals surface area contributed by atoms with Crippen molar-refractivity contribution in [3.05, 3.63) is 23.7 Å². The van der Waals surface area contributed by atoms with Gasteiger partial charge in [0.2, 0.25) is 5.91 Å². The number of furan rings is 1. The quantitative estimate of drug-likeness (QED) is 0.917. The highest BCUT2D eigenvalue weighted by Crippen LogP contribution is 2.44. The number of likely N-dealkylation sites (tertiary alicyclic amines) is 2. The van der Waals surface area contributed by atoms with Gasteiger partial charge >= 0.3 is 0 Å². The Morgan fingerprint density at radius 3 is 2.83 bits per heavy atom. The normalized spacial score (nSPS) is 31.4. The Kier molecular flexibility index (Phi) is 3.73. The van der Waals surface area contributed by atoms with Crippen molar-refractivity contribution in [1.29, 1.82) is 0 Å². The number of nitrogens with zero attached hydrogens (tertiary/aromatic N) is 2. The maximum Gasteiger partial charge on any atom is 0.225 e. The lowest BCUT2D eigenvalue weighted by atomic mass is 9.74. The molecule has 5 nitrogen and oxygen atoms in total. The minimum atomic E-state index is -0.148. The van der Waals surface area contributed by atoms with Crippen LogP contribution in [-0.4, -0.2) is 53.6 Å². The number of hydrogen-bond donors (Lipinski definition) is 1. The zero-order valence-corrected chi connectivity index (χ0v) is 13.8. The molecule has 5 heteroatoms. The number of aryl methyl sites for hydroxylation is 1. The second kappa shape index (κ2) is 5.64. The fourth-order valence-electron chi connectivity index (χ4n) is 4.38. The largest absolute Gasteiger partial charge is 0.465 e. The predicted octanol–water partition coefficient (Wildman–Crippen LogP) is 1.64. The van der Waals surface area contributed by atoms with Crippen LogP contribution in [0.3, 0.4) is 0 Å². The molecule has 0 aromatic carbocycles. The molecule has 0 unspecified atom stereocenters. The summed E-state index contributed by atoms with van der Waals surface area (Å²) in [4.78, 5) is 16.8. The molecule has 1 aromatic heterocycles. The molecule has 4 rings (SSSR count). The van der Waals surface area contributed by atoms with E-state index in [0.717, 1.165) is 63.5 Å². The Hall–Kier alpha value is -1.33. The van der Waals surface area contributed by atoms with Crippen LogP contribution in [0.15, 0.2) is 16.5 Å². The third-order valence-corrected chi connectivity index (χ3v) is 5.87. The number of piperidine rings is 1. The van der Waals surface area contributed by atoms with E-state index in [1.165, 1.54) is 0 Å². The molecule has 2 saturated heterocycles. The number of aliphatic hydroxyl groups is 1. The van der Waals surface area contributed by atoms with Gasteiger partial charge < -0.3 is 14.4 Å². The van der Waals surface area contributed by atoms with Crippen molar-refractivity contribution in [2.75, 3.05) is 32.8 Å². The van der Waals surface area contributed by atoms with Crippen LogP contribution in [0, 0.1) is 24.2 Å². The molecule has 3 fully saturated rings. The van der Waals surface area contributed by atoms with Gasteiger partial charge in [-0.1, -0.05) is 0 Å². The van der Waals surface area contributed by atoms with Crippen molar-refractivity contribution >= 4 is 5.91 Å². The molecule has 2 atom stereocenters. The number of aliphatic hydroxyl groups excluding tert-OH is 1. The molecule has 1 saturated carbocycles. The molecule has 23 heavy (non-hydrogen) atoms. The van der Waals surface area contributed by atoms with Gasteiger partial charge in [0, 0.05) is 31.0 Å². The van der Waals surface area contributed by atoms with Gasteiger partial charge in [-0.3, -0.25) is 9.69 Å². The fraction of sp³-hybridized carbons (Fsp3) is 0.722. The van der Waals surface area contributed by atoms with E-state index in [1.54, 1.807) is 0 Å². The molecular weight excluding hydrogens is 292 g/mol. The van der Waals surface area contributed by atoms with Crippen LogP contribution in [0.25, 0.3) is 0 Å². The first-order valence-electron chi connectivity index (χ1n) is 8.77. The molecule has 1 aromatic rings. The van der Waals surface area contributed by atoms with Crippen molar-refractivity contribution in [1.82, 2.24) is 9.80 Å². The van der Waals surface area contributed by atoms with Gasteiger partial charge in [0.05, 0.1) is 13.2 Å². The van der Waals surface area contributed by atoms with Crippen molar-refractivity contribution in [2.45, 2.75) is 32.7 Å². The van der Waals surface area contributed by atoms with Crippen molar-refractivity contribution < 1.29 is 14.3 Å². The van der Waals surface area contributed by atoms with Crippen LogP contribution < -0.4 is 0 Å². The van der Waals surface area contributed by atoms with Crippen LogP contribution in [-0.2, 0) is 11.3 Å². The van der Waals surface area contributed by atoms with Gasteiger partial charge in [0.1, 0.15) is 11.5 Å². The predicted molar refractivity (Wildman–Crippen MR) is 85.7 cm³/mol. The molecule has 1 amide bonds. The zero-order valence-electron chi connectivity index (χ0n) is 13.8. The lowest BCUT2D eigenvalue weighted by Crippen LogP contribution is -2.50. The van der Waals surface area contributed by atoms with E-state index in [0.29, 0.717) is 11.8 Å². The molecule has 3 heterocycles. The highest BCUT2D eigenvalue weighted by Gasteiger charge is 2.51. The maximum absolute atomic E-state index is 12.4. The van der Waals surface area contributed by atoms with Crippen LogP contribution in [0.1, 0.15) is 30.8 Å². The van der Waals surface area contributed by atoms with E-state index >= 15 is 0 Å². The summed E-state index contributed by atoms with van der Waals surface area (Å²) in [7, 11) is 0. The van der Waals surface area contributed by atoms with Crippen LogP contribution >= 0.6 is 0 Å². The van der Waals surface area contributed by atoms with E-state index in [2.05, 4.69) is 4.90 Å². The first-order chi connectivity index (χ1) is 11.1. The number of rotatable bonds is 4. The number of carbonyl (C=O) groups is 1. The molecule has 0 bridgehead atoms. The number of carbonyl (C=O) groups excluding carboxylic acids is 1.